The Hall–Kier alpha value is -1.69. The van der Waals surface area contributed by atoms with E-state index in [4.69, 9.17) is 9.47 Å². The van der Waals surface area contributed by atoms with Gasteiger partial charge >= 0.3 is 6.09 Å². The summed E-state index contributed by atoms with van der Waals surface area (Å²) in [5.41, 5.74) is 1.72. The number of nitrogens with one attached hydrogen (secondary N) is 1. The van der Waals surface area contributed by atoms with Crippen LogP contribution in [0.2, 0.25) is 0 Å². The summed E-state index contributed by atoms with van der Waals surface area (Å²) in [6.45, 7) is 7.37. The molecule has 0 aromatic heterocycles. The van der Waals surface area contributed by atoms with Crippen LogP contribution in [0.5, 0.6) is 5.75 Å². The highest BCUT2D eigenvalue weighted by Crippen LogP contribution is 2.32. The summed E-state index contributed by atoms with van der Waals surface area (Å²) in [6, 6.07) is 5.86. The second-order valence-corrected chi connectivity index (χ2v) is 7.49. The number of hydrogen-bond donors (Lipinski definition) is 1. The minimum Gasteiger partial charge on any atom is -0.488 e. The maximum absolute atomic E-state index is 12.0. The Bertz CT molecular complexity index is 623. The molecule has 2 rings (SSSR count). The van der Waals surface area contributed by atoms with E-state index in [2.05, 4.69) is 21.2 Å². The molecule has 0 saturated carbocycles. The Kier molecular flexibility index (Phi) is 6.15. The number of ether oxygens (including phenoxy) is 2. The first kappa shape index (κ1) is 18.6. The van der Waals surface area contributed by atoms with Gasteiger partial charge in [-0.1, -0.05) is 12.1 Å². The topological polar surface area (TPSA) is 50.8 Å². The molecule has 0 aliphatic carbocycles. The molecule has 5 nitrogen and oxygen atoms in total. The van der Waals surface area contributed by atoms with Crippen LogP contribution in [0.15, 0.2) is 34.3 Å². The Morgan fingerprint density at radius 3 is 2.71 bits per heavy atom. The van der Waals surface area contributed by atoms with Crippen molar-refractivity contribution in [3.05, 3.63) is 34.3 Å². The molecule has 1 amide bonds. The van der Waals surface area contributed by atoms with E-state index in [9.17, 15) is 4.79 Å². The number of carbonyl (C=O) groups is 1. The van der Waals surface area contributed by atoms with Crippen LogP contribution in [0.1, 0.15) is 27.2 Å². The molecule has 1 aliphatic rings. The van der Waals surface area contributed by atoms with Crippen LogP contribution in [0, 0.1) is 0 Å². The first-order valence-corrected chi connectivity index (χ1v) is 8.84. The van der Waals surface area contributed by atoms with Crippen LogP contribution in [0.4, 0.5) is 10.5 Å². The summed E-state index contributed by atoms with van der Waals surface area (Å²) in [5, 5.41) is 3.11. The Morgan fingerprint density at radius 2 is 2.12 bits per heavy atom. The van der Waals surface area contributed by atoms with E-state index in [-0.39, 0.29) is 6.09 Å². The molecule has 0 spiro atoms. The molecule has 0 unspecified atom stereocenters. The summed E-state index contributed by atoms with van der Waals surface area (Å²) in [4.78, 5) is 13.8. The number of benzene rings is 1. The van der Waals surface area contributed by atoms with Crippen molar-refractivity contribution in [1.82, 2.24) is 4.90 Å². The number of amides is 1. The second kappa shape index (κ2) is 7.92. The van der Waals surface area contributed by atoms with Crippen LogP contribution in [-0.2, 0) is 4.74 Å². The van der Waals surface area contributed by atoms with Gasteiger partial charge in [-0.25, -0.2) is 4.79 Å². The lowest BCUT2D eigenvalue weighted by Gasteiger charge is -2.29. The summed E-state index contributed by atoms with van der Waals surface area (Å²) in [6.07, 6.45) is 2.58. The van der Waals surface area contributed by atoms with Crippen molar-refractivity contribution in [2.45, 2.75) is 32.8 Å². The molecule has 1 N–H and O–H groups in total. The van der Waals surface area contributed by atoms with E-state index < -0.39 is 5.60 Å². The quantitative estimate of drug-likeness (QED) is 0.764. The molecule has 0 atom stereocenters. The average molecular weight is 397 g/mol. The third kappa shape index (κ3) is 5.16. The monoisotopic (exact) mass is 396 g/mol. The van der Waals surface area contributed by atoms with Crippen LogP contribution < -0.4 is 10.1 Å². The first-order chi connectivity index (χ1) is 11.3. The van der Waals surface area contributed by atoms with Crippen LogP contribution in [0.25, 0.3) is 0 Å². The van der Waals surface area contributed by atoms with Gasteiger partial charge in [-0.2, -0.15) is 0 Å². The molecule has 1 heterocycles. The van der Waals surface area contributed by atoms with Gasteiger partial charge in [0.15, 0.2) is 0 Å². The number of halogens is 1. The van der Waals surface area contributed by atoms with Gasteiger partial charge in [-0.3, -0.25) is 0 Å². The number of nitrogens with zero attached hydrogens (tertiary/aromatic N) is 1. The van der Waals surface area contributed by atoms with Crippen LogP contribution in [0.3, 0.4) is 0 Å². The Morgan fingerprint density at radius 1 is 1.38 bits per heavy atom. The molecule has 132 valence electrons. The molecule has 0 bridgehead atoms. The van der Waals surface area contributed by atoms with Gasteiger partial charge in [0.1, 0.15) is 18.0 Å². The maximum atomic E-state index is 12.0. The van der Waals surface area contributed by atoms with E-state index in [1.54, 1.807) is 4.90 Å². The van der Waals surface area contributed by atoms with Gasteiger partial charge < -0.3 is 19.7 Å². The predicted molar refractivity (Wildman–Crippen MR) is 99.7 cm³/mol. The van der Waals surface area contributed by atoms with Crippen LogP contribution in [-0.4, -0.2) is 43.3 Å². The Balaban J connectivity index is 1.89. The number of carbonyl (C=O) groups excluding carboxylic acids is 1. The lowest BCUT2D eigenvalue weighted by atomic mass is 10.1. The molecule has 0 saturated heterocycles. The zero-order valence-corrected chi connectivity index (χ0v) is 16.3. The molecule has 1 aliphatic heterocycles. The molecule has 0 fully saturated rings. The van der Waals surface area contributed by atoms with E-state index in [0.717, 1.165) is 22.3 Å². The SMILES string of the molecule is CNc1cccc(OCC2=CCN(C(=O)OC(C)(C)C)CC2)c1Br. The molecular weight excluding hydrogens is 372 g/mol. The molecule has 1 aromatic rings. The minimum atomic E-state index is -0.463. The van der Waals surface area contributed by atoms with Gasteiger partial charge in [0.2, 0.25) is 0 Å². The standard InChI is InChI=1S/C18H25BrN2O3/c1-18(2,3)24-17(22)21-10-8-13(9-11-21)12-23-15-7-5-6-14(20-4)16(15)19/h5-8,20H,9-12H2,1-4H3. The summed E-state index contributed by atoms with van der Waals surface area (Å²) < 4.78 is 12.2. The van der Waals surface area contributed by atoms with E-state index in [1.165, 1.54) is 5.57 Å². The fourth-order valence-electron chi connectivity index (χ4n) is 2.32. The van der Waals surface area contributed by atoms with Gasteiger partial charge in [0.05, 0.1) is 10.2 Å². The van der Waals surface area contributed by atoms with Gasteiger partial charge in [-0.15, -0.1) is 0 Å². The molecule has 1 aromatic carbocycles. The lowest BCUT2D eigenvalue weighted by molar-refractivity contribution is 0.0264. The highest BCUT2D eigenvalue weighted by molar-refractivity contribution is 9.10. The smallest absolute Gasteiger partial charge is 0.410 e. The van der Waals surface area contributed by atoms with Crippen LogP contribution >= 0.6 is 15.9 Å². The molecular formula is C18H25BrN2O3. The number of rotatable bonds is 4. The van der Waals surface area contributed by atoms with Gasteiger partial charge in [0, 0.05) is 20.1 Å². The third-order valence-electron chi connectivity index (χ3n) is 3.60. The normalized spacial score (nSPS) is 14.9. The highest BCUT2D eigenvalue weighted by Gasteiger charge is 2.23. The fourth-order valence-corrected chi connectivity index (χ4v) is 2.90. The predicted octanol–water partition coefficient (Wildman–Crippen LogP) is 4.44. The number of hydrogen-bond acceptors (Lipinski definition) is 4. The lowest BCUT2D eigenvalue weighted by Crippen LogP contribution is -2.39. The van der Waals surface area contributed by atoms with Crippen molar-refractivity contribution in [3.8, 4) is 5.75 Å². The van der Waals surface area contributed by atoms with Gasteiger partial charge in [-0.05, 0) is 60.8 Å². The molecule has 6 heteroatoms. The van der Waals surface area contributed by atoms with Crippen molar-refractivity contribution >= 4 is 27.7 Å². The van der Waals surface area contributed by atoms with E-state index >= 15 is 0 Å². The van der Waals surface area contributed by atoms with Crippen molar-refractivity contribution in [1.29, 1.82) is 0 Å². The third-order valence-corrected chi connectivity index (χ3v) is 4.42. The Labute approximate surface area is 152 Å². The number of anilines is 1. The van der Waals surface area contributed by atoms with Crippen molar-refractivity contribution in [2.75, 3.05) is 32.1 Å². The largest absolute Gasteiger partial charge is 0.488 e. The zero-order chi connectivity index (χ0) is 17.7. The van der Waals surface area contributed by atoms with Crippen molar-refractivity contribution in [3.63, 3.8) is 0 Å². The average Bonchev–Trinajstić information content (AvgIpc) is 2.53. The minimum absolute atomic E-state index is 0.261. The molecule has 0 radical (unpaired) electrons. The first-order valence-electron chi connectivity index (χ1n) is 8.05. The second-order valence-electron chi connectivity index (χ2n) is 6.70. The highest BCUT2D eigenvalue weighted by atomic mass is 79.9. The summed E-state index contributed by atoms with van der Waals surface area (Å²) in [7, 11) is 1.87. The van der Waals surface area contributed by atoms with Crippen molar-refractivity contribution < 1.29 is 14.3 Å². The summed E-state index contributed by atoms with van der Waals surface area (Å²) >= 11 is 3.55. The van der Waals surface area contributed by atoms with Gasteiger partial charge in [0.25, 0.3) is 0 Å². The maximum Gasteiger partial charge on any atom is 0.410 e. The fraction of sp³-hybridized carbons (Fsp3) is 0.500. The van der Waals surface area contributed by atoms with E-state index in [0.29, 0.717) is 19.7 Å². The van der Waals surface area contributed by atoms with Crippen molar-refractivity contribution in [2.24, 2.45) is 0 Å². The van der Waals surface area contributed by atoms with E-state index in [1.807, 2.05) is 52.1 Å². The zero-order valence-electron chi connectivity index (χ0n) is 14.7. The summed E-state index contributed by atoms with van der Waals surface area (Å²) in [5.74, 6) is 0.803. The molecule has 24 heavy (non-hydrogen) atoms.